The molecule has 0 aliphatic carbocycles. The Kier molecular flexibility index (Phi) is 5.50. The molecule has 1 aromatic carbocycles. The summed E-state index contributed by atoms with van der Waals surface area (Å²) in [5, 5.41) is 25.3. The largest absolute Gasteiger partial charge is 0.508 e. The maximum atomic E-state index is 9.49. The summed E-state index contributed by atoms with van der Waals surface area (Å²) in [5.74, 6) is 0.935. The number of halogens is 1. The van der Waals surface area contributed by atoms with Crippen LogP contribution < -0.4 is 10.6 Å². The van der Waals surface area contributed by atoms with Gasteiger partial charge in [-0.05, 0) is 31.2 Å². The molecule has 0 saturated heterocycles. The fourth-order valence-electron chi connectivity index (χ4n) is 2.23. The number of nitrogens with one attached hydrogen (secondary N) is 2. The summed E-state index contributed by atoms with van der Waals surface area (Å²) in [6.45, 7) is 1.77. The quantitative estimate of drug-likeness (QED) is 0.492. The normalized spacial score (nSPS) is 11.8. The first-order valence-corrected chi connectivity index (χ1v) is 8.36. The van der Waals surface area contributed by atoms with Gasteiger partial charge in [0.05, 0.1) is 28.7 Å². The number of anilines is 3. The number of aromatic hydroxyl groups is 1. The summed E-state index contributed by atoms with van der Waals surface area (Å²) in [5.41, 5.74) is 1.90. The number of hydrogen-bond acceptors (Lipinski definition) is 7. The van der Waals surface area contributed by atoms with E-state index in [1.807, 2.05) is 25.1 Å². The van der Waals surface area contributed by atoms with Gasteiger partial charge < -0.3 is 20.8 Å². The highest BCUT2D eigenvalue weighted by atomic mass is 35.5. The van der Waals surface area contributed by atoms with E-state index in [0.29, 0.717) is 33.9 Å². The number of aliphatic hydroxyl groups excluding tert-OH is 1. The molecule has 134 valence electrons. The molecular weight excluding hydrogens is 354 g/mol. The number of aromatic nitrogens is 3. The van der Waals surface area contributed by atoms with E-state index in [0.717, 1.165) is 0 Å². The highest BCUT2D eigenvalue weighted by Gasteiger charge is 2.11. The average Bonchev–Trinajstić information content (AvgIpc) is 2.64. The minimum Gasteiger partial charge on any atom is -0.508 e. The van der Waals surface area contributed by atoms with E-state index < -0.39 is 0 Å². The fourth-order valence-corrected chi connectivity index (χ4v) is 2.45. The molecule has 0 radical (unpaired) electrons. The molecule has 0 spiro atoms. The van der Waals surface area contributed by atoms with Crippen molar-refractivity contribution < 1.29 is 10.2 Å². The molecule has 0 aliphatic heterocycles. The molecule has 3 aromatic rings. The number of aliphatic hydroxyl groups is 1. The summed E-state index contributed by atoms with van der Waals surface area (Å²) in [4.78, 5) is 13.2. The predicted molar refractivity (Wildman–Crippen MR) is 102 cm³/mol. The average molecular weight is 372 g/mol. The molecule has 4 N–H and O–H groups in total. The lowest BCUT2D eigenvalue weighted by Gasteiger charge is -2.14. The Labute approximate surface area is 155 Å². The Balaban J connectivity index is 1.98. The molecule has 0 aliphatic rings. The molecule has 8 heteroatoms. The second-order valence-corrected chi connectivity index (χ2v) is 6.10. The molecular formula is C18H18ClN5O2. The van der Waals surface area contributed by atoms with E-state index in [1.54, 1.807) is 18.3 Å². The van der Waals surface area contributed by atoms with Crippen molar-refractivity contribution in [2.24, 2.45) is 0 Å². The molecule has 0 bridgehead atoms. The van der Waals surface area contributed by atoms with Gasteiger partial charge >= 0.3 is 0 Å². The third kappa shape index (κ3) is 4.38. The molecule has 3 rings (SSSR count). The number of phenolic OH excluding ortho intramolecular Hbond substituents is 1. The number of benzene rings is 1. The highest BCUT2D eigenvalue weighted by Crippen LogP contribution is 2.29. The first-order valence-electron chi connectivity index (χ1n) is 7.98. The maximum absolute atomic E-state index is 9.49. The van der Waals surface area contributed by atoms with Crippen molar-refractivity contribution in [2.45, 2.75) is 13.0 Å². The van der Waals surface area contributed by atoms with Gasteiger partial charge in [0.1, 0.15) is 11.6 Å². The molecule has 2 heterocycles. The van der Waals surface area contributed by atoms with Crippen LogP contribution >= 0.6 is 11.6 Å². The van der Waals surface area contributed by atoms with E-state index in [2.05, 4.69) is 25.6 Å². The third-order valence-electron chi connectivity index (χ3n) is 3.52. The Bertz CT molecular complexity index is 892. The van der Waals surface area contributed by atoms with Crippen LogP contribution in [0.2, 0.25) is 5.02 Å². The number of pyridine rings is 1. The SMILES string of the molecule is C[C@H](CO)Nc1nc(Nc2ccc(O)cc2Cl)cc(-c2ccccn2)n1. The van der Waals surface area contributed by atoms with Crippen molar-refractivity contribution in [1.82, 2.24) is 15.0 Å². The van der Waals surface area contributed by atoms with Crippen molar-refractivity contribution in [3.8, 4) is 17.1 Å². The Morgan fingerprint density at radius 2 is 1.96 bits per heavy atom. The zero-order valence-corrected chi connectivity index (χ0v) is 14.8. The van der Waals surface area contributed by atoms with Gasteiger partial charge in [-0.1, -0.05) is 17.7 Å². The molecule has 0 fully saturated rings. The van der Waals surface area contributed by atoms with Gasteiger partial charge in [0, 0.05) is 24.4 Å². The van der Waals surface area contributed by atoms with Gasteiger partial charge in [0.25, 0.3) is 0 Å². The van der Waals surface area contributed by atoms with Gasteiger partial charge in [-0.2, -0.15) is 4.98 Å². The first-order chi connectivity index (χ1) is 12.5. The molecule has 1 atom stereocenters. The summed E-state index contributed by atoms with van der Waals surface area (Å²) >= 11 is 6.16. The van der Waals surface area contributed by atoms with E-state index in [4.69, 9.17) is 11.6 Å². The van der Waals surface area contributed by atoms with Crippen LogP contribution in [0, 0.1) is 0 Å². The van der Waals surface area contributed by atoms with Gasteiger partial charge in [-0.3, -0.25) is 4.98 Å². The zero-order chi connectivity index (χ0) is 18.5. The Morgan fingerprint density at radius 1 is 1.12 bits per heavy atom. The van der Waals surface area contributed by atoms with Crippen LogP contribution in [0.1, 0.15) is 6.92 Å². The van der Waals surface area contributed by atoms with Gasteiger partial charge in [0.15, 0.2) is 0 Å². The molecule has 0 amide bonds. The highest BCUT2D eigenvalue weighted by molar-refractivity contribution is 6.33. The first kappa shape index (κ1) is 17.9. The summed E-state index contributed by atoms with van der Waals surface area (Å²) in [7, 11) is 0. The molecule has 0 unspecified atom stereocenters. The van der Waals surface area contributed by atoms with Crippen LogP contribution in [0.5, 0.6) is 5.75 Å². The smallest absolute Gasteiger partial charge is 0.225 e. The molecule has 0 saturated carbocycles. The van der Waals surface area contributed by atoms with Crippen molar-refractivity contribution in [2.75, 3.05) is 17.2 Å². The van der Waals surface area contributed by atoms with Crippen molar-refractivity contribution in [3.05, 3.63) is 53.7 Å². The monoisotopic (exact) mass is 371 g/mol. The van der Waals surface area contributed by atoms with Gasteiger partial charge in [-0.25, -0.2) is 4.98 Å². The van der Waals surface area contributed by atoms with Crippen LogP contribution in [-0.4, -0.2) is 37.8 Å². The summed E-state index contributed by atoms with van der Waals surface area (Å²) in [6.07, 6.45) is 1.69. The van der Waals surface area contributed by atoms with Crippen molar-refractivity contribution >= 4 is 29.1 Å². The van der Waals surface area contributed by atoms with Crippen LogP contribution in [-0.2, 0) is 0 Å². The lowest BCUT2D eigenvalue weighted by atomic mass is 10.2. The molecule has 26 heavy (non-hydrogen) atoms. The number of nitrogens with zero attached hydrogens (tertiary/aromatic N) is 3. The van der Waals surface area contributed by atoms with E-state index >= 15 is 0 Å². The molecule has 2 aromatic heterocycles. The third-order valence-corrected chi connectivity index (χ3v) is 3.83. The minimum atomic E-state index is -0.209. The fraction of sp³-hybridized carbons (Fsp3) is 0.167. The van der Waals surface area contributed by atoms with Crippen LogP contribution in [0.3, 0.4) is 0 Å². The zero-order valence-electron chi connectivity index (χ0n) is 14.0. The van der Waals surface area contributed by atoms with Gasteiger partial charge in [0.2, 0.25) is 5.95 Å². The molecule has 7 nitrogen and oxygen atoms in total. The van der Waals surface area contributed by atoms with Crippen molar-refractivity contribution in [1.29, 1.82) is 0 Å². The summed E-state index contributed by atoms with van der Waals surface area (Å²) in [6, 6.07) is 11.7. The van der Waals surface area contributed by atoms with Crippen LogP contribution in [0.15, 0.2) is 48.7 Å². The van der Waals surface area contributed by atoms with E-state index in [1.165, 1.54) is 12.1 Å². The van der Waals surface area contributed by atoms with E-state index in [9.17, 15) is 10.2 Å². The lowest BCUT2D eigenvalue weighted by Crippen LogP contribution is -2.21. The second-order valence-electron chi connectivity index (χ2n) is 5.69. The number of rotatable bonds is 6. The maximum Gasteiger partial charge on any atom is 0.225 e. The predicted octanol–water partition coefficient (Wildman–Crippen LogP) is 3.43. The number of phenols is 1. The van der Waals surface area contributed by atoms with Crippen molar-refractivity contribution in [3.63, 3.8) is 0 Å². The Morgan fingerprint density at radius 3 is 2.65 bits per heavy atom. The topological polar surface area (TPSA) is 103 Å². The van der Waals surface area contributed by atoms with Gasteiger partial charge in [-0.15, -0.1) is 0 Å². The van der Waals surface area contributed by atoms with Crippen LogP contribution in [0.4, 0.5) is 17.5 Å². The second kappa shape index (κ2) is 7.99. The standard InChI is InChI=1S/C18H18ClN5O2/c1-11(10-25)21-18-23-16(15-4-2-3-7-20-15)9-17(24-18)22-14-6-5-12(26)8-13(14)19/h2-9,11,25-26H,10H2,1H3,(H2,21,22,23,24)/t11-/m1/s1. The van der Waals surface area contributed by atoms with Crippen LogP contribution in [0.25, 0.3) is 11.4 Å². The van der Waals surface area contributed by atoms with E-state index in [-0.39, 0.29) is 18.4 Å². The Hall–Kier alpha value is -2.90. The lowest BCUT2D eigenvalue weighted by molar-refractivity contribution is 0.281. The number of hydrogen-bond donors (Lipinski definition) is 4. The summed E-state index contributed by atoms with van der Waals surface area (Å²) < 4.78 is 0. The minimum absolute atomic E-state index is 0.0519.